The fourth-order valence-corrected chi connectivity index (χ4v) is 4.28. The van der Waals surface area contributed by atoms with Crippen molar-refractivity contribution in [2.24, 2.45) is 0 Å². The van der Waals surface area contributed by atoms with Crippen LogP contribution in [0.3, 0.4) is 0 Å². The molecule has 1 heteroatoms. The van der Waals surface area contributed by atoms with E-state index in [0.717, 1.165) is 27.5 Å². The van der Waals surface area contributed by atoms with Crippen LogP contribution in [0.15, 0.2) is 126 Å². The molecular formula is C30H20O. The SMILES string of the molecule is c1ccc(-c2cccc(-c3ccc4c(c3)oc3ccc(-c5ccccc5)cc34)c2)cc1. The lowest BCUT2D eigenvalue weighted by atomic mass is 9.98. The van der Waals surface area contributed by atoms with E-state index in [4.69, 9.17) is 4.42 Å². The quantitative estimate of drug-likeness (QED) is 0.292. The lowest BCUT2D eigenvalue weighted by Crippen LogP contribution is -1.81. The molecule has 0 saturated heterocycles. The van der Waals surface area contributed by atoms with Gasteiger partial charge >= 0.3 is 0 Å². The van der Waals surface area contributed by atoms with E-state index < -0.39 is 0 Å². The summed E-state index contributed by atoms with van der Waals surface area (Å²) in [7, 11) is 0. The van der Waals surface area contributed by atoms with Gasteiger partial charge in [0.2, 0.25) is 0 Å². The van der Waals surface area contributed by atoms with Crippen LogP contribution in [0.2, 0.25) is 0 Å². The Labute approximate surface area is 181 Å². The molecule has 0 N–H and O–H groups in total. The standard InChI is InChI=1S/C30H20O/c1-3-8-21(9-4-1)23-12-7-13-24(18-23)26-14-16-27-28-19-25(22-10-5-2-6-11-22)15-17-29(28)31-30(27)20-26/h1-20H. The average Bonchev–Trinajstić information content (AvgIpc) is 3.22. The first kappa shape index (κ1) is 17.7. The van der Waals surface area contributed by atoms with Crippen molar-refractivity contribution in [3.8, 4) is 33.4 Å². The molecule has 0 amide bonds. The van der Waals surface area contributed by atoms with E-state index in [1.807, 2.05) is 12.1 Å². The van der Waals surface area contributed by atoms with Crippen LogP contribution in [0.5, 0.6) is 0 Å². The van der Waals surface area contributed by atoms with Crippen molar-refractivity contribution in [3.63, 3.8) is 0 Å². The Balaban J connectivity index is 1.44. The highest BCUT2D eigenvalue weighted by Gasteiger charge is 2.10. The van der Waals surface area contributed by atoms with Gasteiger partial charge in [0, 0.05) is 10.8 Å². The van der Waals surface area contributed by atoms with E-state index in [1.165, 1.54) is 27.8 Å². The molecule has 0 spiro atoms. The van der Waals surface area contributed by atoms with Gasteiger partial charge in [-0.15, -0.1) is 0 Å². The summed E-state index contributed by atoms with van der Waals surface area (Å²) in [6, 6.07) is 42.6. The van der Waals surface area contributed by atoms with Crippen LogP contribution in [-0.2, 0) is 0 Å². The zero-order chi connectivity index (χ0) is 20.6. The average molecular weight is 396 g/mol. The molecule has 1 heterocycles. The second kappa shape index (κ2) is 7.30. The predicted octanol–water partition coefficient (Wildman–Crippen LogP) is 8.59. The third-order valence-electron chi connectivity index (χ3n) is 5.88. The summed E-state index contributed by atoms with van der Waals surface area (Å²) >= 11 is 0. The molecule has 6 rings (SSSR count). The number of hydrogen-bond donors (Lipinski definition) is 0. The van der Waals surface area contributed by atoms with Crippen molar-refractivity contribution in [2.75, 3.05) is 0 Å². The summed E-state index contributed by atoms with van der Waals surface area (Å²) < 4.78 is 6.22. The summed E-state index contributed by atoms with van der Waals surface area (Å²) in [4.78, 5) is 0. The fraction of sp³-hybridized carbons (Fsp3) is 0. The smallest absolute Gasteiger partial charge is 0.136 e. The number of hydrogen-bond acceptors (Lipinski definition) is 1. The molecule has 0 fully saturated rings. The molecule has 5 aromatic carbocycles. The van der Waals surface area contributed by atoms with Crippen LogP contribution < -0.4 is 0 Å². The van der Waals surface area contributed by atoms with Crippen molar-refractivity contribution >= 4 is 21.9 Å². The molecule has 0 aliphatic rings. The van der Waals surface area contributed by atoms with Crippen molar-refractivity contribution < 1.29 is 4.42 Å². The van der Waals surface area contributed by atoms with Crippen molar-refractivity contribution in [3.05, 3.63) is 121 Å². The van der Waals surface area contributed by atoms with Crippen molar-refractivity contribution in [1.82, 2.24) is 0 Å². The van der Waals surface area contributed by atoms with Gasteiger partial charge in [-0.05, 0) is 63.7 Å². The highest BCUT2D eigenvalue weighted by molar-refractivity contribution is 6.07. The summed E-state index contributed by atoms with van der Waals surface area (Å²) in [6.45, 7) is 0. The van der Waals surface area contributed by atoms with E-state index in [2.05, 4.69) is 109 Å². The molecule has 146 valence electrons. The summed E-state index contributed by atoms with van der Waals surface area (Å²) in [5, 5.41) is 2.30. The summed E-state index contributed by atoms with van der Waals surface area (Å²) in [6.07, 6.45) is 0. The fourth-order valence-electron chi connectivity index (χ4n) is 4.28. The topological polar surface area (TPSA) is 13.1 Å². The highest BCUT2D eigenvalue weighted by Crippen LogP contribution is 2.35. The molecule has 0 atom stereocenters. The highest BCUT2D eigenvalue weighted by atomic mass is 16.3. The first-order valence-electron chi connectivity index (χ1n) is 10.5. The van der Waals surface area contributed by atoms with E-state index in [0.29, 0.717) is 0 Å². The van der Waals surface area contributed by atoms with Crippen molar-refractivity contribution in [1.29, 1.82) is 0 Å². The van der Waals surface area contributed by atoms with Gasteiger partial charge in [0.05, 0.1) is 0 Å². The third kappa shape index (κ3) is 3.21. The van der Waals surface area contributed by atoms with Crippen molar-refractivity contribution in [2.45, 2.75) is 0 Å². The molecule has 0 aliphatic heterocycles. The van der Waals surface area contributed by atoms with Gasteiger partial charge in [0.15, 0.2) is 0 Å². The summed E-state index contributed by atoms with van der Waals surface area (Å²) in [5.41, 5.74) is 9.05. The number of fused-ring (bicyclic) bond motifs is 3. The number of furan rings is 1. The first-order valence-corrected chi connectivity index (χ1v) is 10.5. The lowest BCUT2D eigenvalue weighted by Gasteiger charge is -2.06. The van der Waals surface area contributed by atoms with Gasteiger partial charge in [-0.3, -0.25) is 0 Å². The molecule has 1 nitrogen and oxygen atoms in total. The number of rotatable bonds is 3. The Hall–Kier alpha value is -4.10. The monoisotopic (exact) mass is 396 g/mol. The van der Waals surface area contributed by atoms with Crippen LogP contribution in [0, 0.1) is 0 Å². The normalized spacial score (nSPS) is 11.2. The Morgan fingerprint density at radius 1 is 0.323 bits per heavy atom. The van der Waals surface area contributed by atoms with Crippen LogP contribution >= 0.6 is 0 Å². The largest absolute Gasteiger partial charge is 0.456 e. The van der Waals surface area contributed by atoms with E-state index >= 15 is 0 Å². The maximum Gasteiger partial charge on any atom is 0.136 e. The Morgan fingerprint density at radius 3 is 1.58 bits per heavy atom. The minimum atomic E-state index is 0.919. The third-order valence-corrected chi connectivity index (χ3v) is 5.88. The second-order valence-electron chi connectivity index (χ2n) is 7.84. The maximum absolute atomic E-state index is 6.22. The first-order chi connectivity index (χ1) is 15.3. The van der Waals surface area contributed by atoms with E-state index in [1.54, 1.807) is 0 Å². The Morgan fingerprint density at radius 2 is 0.871 bits per heavy atom. The van der Waals surface area contributed by atoms with Gasteiger partial charge in [0.25, 0.3) is 0 Å². The van der Waals surface area contributed by atoms with Gasteiger partial charge in [-0.1, -0.05) is 91.0 Å². The van der Waals surface area contributed by atoms with Crippen LogP contribution in [-0.4, -0.2) is 0 Å². The maximum atomic E-state index is 6.22. The van der Waals surface area contributed by atoms with Gasteiger partial charge in [0.1, 0.15) is 11.2 Å². The molecule has 6 aromatic rings. The zero-order valence-electron chi connectivity index (χ0n) is 17.0. The molecule has 0 radical (unpaired) electrons. The Kier molecular flexibility index (Phi) is 4.18. The lowest BCUT2D eigenvalue weighted by molar-refractivity contribution is 0.669. The van der Waals surface area contributed by atoms with Gasteiger partial charge < -0.3 is 4.42 Å². The van der Waals surface area contributed by atoms with Crippen LogP contribution in [0.1, 0.15) is 0 Å². The molecule has 31 heavy (non-hydrogen) atoms. The minimum absolute atomic E-state index is 0.919. The van der Waals surface area contributed by atoms with Gasteiger partial charge in [-0.2, -0.15) is 0 Å². The molecule has 0 saturated carbocycles. The van der Waals surface area contributed by atoms with E-state index in [9.17, 15) is 0 Å². The molecule has 1 aromatic heterocycles. The molecule has 0 aliphatic carbocycles. The van der Waals surface area contributed by atoms with Crippen LogP contribution in [0.25, 0.3) is 55.3 Å². The predicted molar refractivity (Wildman–Crippen MR) is 130 cm³/mol. The van der Waals surface area contributed by atoms with Gasteiger partial charge in [-0.25, -0.2) is 0 Å². The zero-order valence-corrected chi connectivity index (χ0v) is 17.0. The Bertz CT molecular complexity index is 1510. The summed E-state index contributed by atoms with van der Waals surface area (Å²) in [5.74, 6) is 0. The van der Waals surface area contributed by atoms with Crippen LogP contribution in [0.4, 0.5) is 0 Å². The molecule has 0 bridgehead atoms. The second-order valence-corrected chi connectivity index (χ2v) is 7.84. The number of benzene rings is 5. The van der Waals surface area contributed by atoms with E-state index in [-0.39, 0.29) is 0 Å². The minimum Gasteiger partial charge on any atom is -0.456 e. The molecular weight excluding hydrogens is 376 g/mol. The molecule has 0 unspecified atom stereocenters.